The highest BCUT2D eigenvalue weighted by Crippen LogP contribution is 2.28. The van der Waals surface area contributed by atoms with E-state index in [9.17, 15) is 4.39 Å². The first-order valence-electron chi connectivity index (χ1n) is 5.60. The Morgan fingerprint density at radius 3 is 2.56 bits per heavy atom. The van der Waals surface area contributed by atoms with Crippen LogP contribution in [0.15, 0.2) is 40.9 Å². The molecule has 3 N–H and O–H groups in total. The van der Waals surface area contributed by atoms with Gasteiger partial charge in [-0.05, 0) is 58.2 Å². The summed E-state index contributed by atoms with van der Waals surface area (Å²) in [5.41, 5.74) is 9.60. The second-order valence-corrected chi connectivity index (χ2v) is 5.02. The monoisotopic (exact) mass is 308 g/mol. The zero-order valence-electron chi connectivity index (χ0n) is 10.0. The molecule has 4 heteroatoms. The third-order valence-electron chi connectivity index (χ3n) is 2.75. The molecule has 0 amide bonds. The van der Waals surface area contributed by atoms with Gasteiger partial charge in [0.05, 0.1) is 0 Å². The van der Waals surface area contributed by atoms with Gasteiger partial charge < -0.3 is 11.1 Å². The van der Waals surface area contributed by atoms with Crippen LogP contribution >= 0.6 is 15.9 Å². The Morgan fingerprint density at radius 1 is 1.22 bits per heavy atom. The molecule has 0 aromatic heterocycles. The maximum Gasteiger partial charge on any atom is 0.123 e. The molecular formula is C14H14BrFN2. The van der Waals surface area contributed by atoms with E-state index in [-0.39, 0.29) is 5.82 Å². The van der Waals surface area contributed by atoms with Crippen LogP contribution in [0.1, 0.15) is 11.1 Å². The third kappa shape index (κ3) is 3.01. The first-order chi connectivity index (χ1) is 8.56. The molecule has 0 bridgehead atoms. The minimum Gasteiger partial charge on any atom is -0.398 e. The van der Waals surface area contributed by atoms with Crippen LogP contribution in [0.4, 0.5) is 15.8 Å². The molecule has 0 atom stereocenters. The number of benzene rings is 2. The lowest BCUT2D eigenvalue weighted by molar-refractivity contribution is 0.627. The van der Waals surface area contributed by atoms with Crippen LogP contribution in [0.2, 0.25) is 0 Å². The molecule has 0 saturated carbocycles. The van der Waals surface area contributed by atoms with Gasteiger partial charge in [-0.3, -0.25) is 0 Å². The maximum absolute atomic E-state index is 12.8. The van der Waals surface area contributed by atoms with Crippen molar-refractivity contribution in [2.75, 3.05) is 11.1 Å². The van der Waals surface area contributed by atoms with E-state index < -0.39 is 0 Å². The van der Waals surface area contributed by atoms with Gasteiger partial charge in [0, 0.05) is 22.4 Å². The van der Waals surface area contributed by atoms with Crippen LogP contribution in [-0.4, -0.2) is 0 Å². The van der Waals surface area contributed by atoms with Gasteiger partial charge in [-0.25, -0.2) is 4.39 Å². The molecule has 2 aromatic carbocycles. The number of nitrogens with one attached hydrogen (secondary N) is 1. The fourth-order valence-corrected chi connectivity index (χ4v) is 2.13. The Morgan fingerprint density at radius 2 is 1.89 bits per heavy atom. The van der Waals surface area contributed by atoms with E-state index >= 15 is 0 Å². The summed E-state index contributed by atoms with van der Waals surface area (Å²) in [6.07, 6.45) is 0. The lowest BCUT2D eigenvalue weighted by Gasteiger charge is -2.11. The van der Waals surface area contributed by atoms with Gasteiger partial charge >= 0.3 is 0 Å². The maximum atomic E-state index is 12.8. The van der Waals surface area contributed by atoms with Crippen molar-refractivity contribution in [1.29, 1.82) is 0 Å². The molecule has 0 radical (unpaired) electrons. The molecule has 2 nitrogen and oxygen atoms in total. The second kappa shape index (κ2) is 5.40. The molecule has 94 valence electrons. The molecule has 0 aliphatic carbocycles. The zero-order chi connectivity index (χ0) is 13.1. The lowest BCUT2D eigenvalue weighted by atomic mass is 10.1. The predicted molar refractivity (Wildman–Crippen MR) is 77.0 cm³/mol. The minimum atomic E-state index is -0.219. The third-order valence-corrected chi connectivity index (χ3v) is 3.41. The van der Waals surface area contributed by atoms with Crippen molar-refractivity contribution in [3.8, 4) is 0 Å². The quantitative estimate of drug-likeness (QED) is 0.838. The van der Waals surface area contributed by atoms with Gasteiger partial charge in [0.2, 0.25) is 0 Å². The largest absolute Gasteiger partial charge is 0.398 e. The van der Waals surface area contributed by atoms with E-state index in [0.717, 1.165) is 27.0 Å². The summed E-state index contributed by atoms with van der Waals surface area (Å²) in [6, 6.07) is 10.3. The highest BCUT2D eigenvalue weighted by molar-refractivity contribution is 9.10. The minimum absolute atomic E-state index is 0.219. The van der Waals surface area contributed by atoms with E-state index in [1.165, 1.54) is 12.1 Å². The molecule has 0 spiro atoms. The van der Waals surface area contributed by atoms with Crippen molar-refractivity contribution < 1.29 is 4.39 Å². The van der Waals surface area contributed by atoms with Crippen LogP contribution in [-0.2, 0) is 6.54 Å². The van der Waals surface area contributed by atoms with Crippen molar-refractivity contribution in [2.24, 2.45) is 0 Å². The molecule has 0 heterocycles. The average molecular weight is 309 g/mol. The Labute approximate surface area is 114 Å². The molecule has 2 aromatic rings. The fraction of sp³-hybridized carbons (Fsp3) is 0.143. The molecule has 0 aliphatic rings. The normalized spacial score (nSPS) is 10.4. The van der Waals surface area contributed by atoms with Crippen LogP contribution in [0.25, 0.3) is 0 Å². The van der Waals surface area contributed by atoms with E-state index in [1.807, 2.05) is 19.1 Å². The second-order valence-electron chi connectivity index (χ2n) is 4.17. The number of hydrogen-bond acceptors (Lipinski definition) is 2. The van der Waals surface area contributed by atoms with Gasteiger partial charge in [0.1, 0.15) is 5.82 Å². The first kappa shape index (κ1) is 12.9. The topological polar surface area (TPSA) is 38.0 Å². The van der Waals surface area contributed by atoms with E-state index in [4.69, 9.17) is 5.73 Å². The number of aryl methyl sites for hydroxylation is 1. The van der Waals surface area contributed by atoms with Crippen LogP contribution < -0.4 is 11.1 Å². The van der Waals surface area contributed by atoms with Crippen molar-refractivity contribution >= 4 is 27.3 Å². The van der Waals surface area contributed by atoms with E-state index in [1.54, 1.807) is 12.1 Å². The van der Waals surface area contributed by atoms with Crippen molar-refractivity contribution in [3.05, 3.63) is 57.8 Å². The Hall–Kier alpha value is -1.55. The highest BCUT2D eigenvalue weighted by atomic mass is 79.9. The summed E-state index contributed by atoms with van der Waals surface area (Å²) < 4.78 is 13.7. The number of nitrogen functional groups attached to an aromatic ring is 1. The summed E-state index contributed by atoms with van der Waals surface area (Å²) in [7, 11) is 0. The number of nitrogens with two attached hydrogens (primary N) is 1. The van der Waals surface area contributed by atoms with Crippen molar-refractivity contribution in [1.82, 2.24) is 0 Å². The fourth-order valence-electron chi connectivity index (χ4n) is 1.63. The molecule has 0 aliphatic heterocycles. The molecule has 2 rings (SSSR count). The van der Waals surface area contributed by atoms with Crippen LogP contribution in [0, 0.1) is 12.7 Å². The summed E-state index contributed by atoms with van der Waals surface area (Å²) in [5, 5.41) is 3.29. The number of anilines is 2. The van der Waals surface area contributed by atoms with Crippen LogP contribution in [0.3, 0.4) is 0 Å². The van der Waals surface area contributed by atoms with Crippen molar-refractivity contribution in [3.63, 3.8) is 0 Å². The molecule has 18 heavy (non-hydrogen) atoms. The van der Waals surface area contributed by atoms with Gasteiger partial charge in [-0.15, -0.1) is 0 Å². The molecule has 0 saturated heterocycles. The number of rotatable bonds is 3. The first-order valence-corrected chi connectivity index (χ1v) is 6.39. The van der Waals surface area contributed by atoms with E-state index in [2.05, 4.69) is 21.2 Å². The Kier molecular flexibility index (Phi) is 3.87. The molecule has 0 unspecified atom stereocenters. The summed E-state index contributed by atoms with van der Waals surface area (Å²) in [6.45, 7) is 2.60. The highest BCUT2D eigenvalue weighted by Gasteiger charge is 2.03. The predicted octanol–water partition coefficient (Wildman–Crippen LogP) is 4.09. The van der Waals surface area contributed by atoms with Gasteiger partial charge in [0.25, 0.3) is 0 Å². The summed E-state index contributed by atoms with van der Waals surface area (Å²) in [5.74, 6) is -0.219. The Bertz CT molecular complexity index is 552. The SMILES string of the molecule is Cc1cc(NCc2ccc(F)cc2)c(Br)cc1N. The Balaban J connectivity index is 2.10. The van der Waals surface area contributed by atoms with Crippen molar-refractivity contribution in [2.45, 2.75) is 13.5 Å². The standard InChI is InChI=1S/C14H14BrFN2/c1-9-6-14(12(15)7-13(9)17)18-8-10-2-4-11(16)5-3-10/h2-7,18H,8,17H2,1H3. The lowest BCUT2D eigenvalue weighted by Crippen LogP contribution is -2.01. The smallest absolute Gasteiger partial charge is 0.123 e. The van der Waals surface area contributed by atoms with Gasteiger partial charge in [-0.1, -0.05) is 12.1 Å². The van der Waals surface area contributed by atoms with E-state index in [0.29, 0.717) is 6.54 Å². The summed E-state index contributed by atoms with van der Waals surface area (Å²) in [4.78, 5) is 0. The average Bonchev–Trinajstić information content (AvgIpc) is 2.34. The van der Waals surface area contributed by atoms with Gasteiger partial charge in [0.15, 0.2) is 0 Å². The van der Waals surface area contributed by atoms with Crippen LogP contribution in [0.5, 0.6) is 0 Å². The molecule has 0 fully saturated rings. The zero-order valence-corrected chi connectivity index (χ0v) is 11.6. The number of halogens is 2. The summed E-state index contributed by atoms with van der Waals surface area (Å²) >= 11 is 3.46. The van der Waals surface area contributed by atoms with Gasteiger partial charge in [-0.2, -0.15) is 0 Å². The number of hydrogen-bond donors (Lipinski definition) is 2. The molecular weight excluding hydrogens is 295 g/mol.